The van der Waals surface area contributed by atoms with Crippen molar-refractivity contribution in [2.24, 2.45) is 0 Å². The molecule has 0 saturated carbocycles. The second-order valence-electron chi connectivity index (χ2n) is 8.74. The van der Waals surface area contributed by atoms with Crippen molar-refractivity contribution in [3.8, 4) is 11.6 Å². The number of nitrogens with zero attached hydrogens (tertiary/aromatic N) is 10. The summed E-state index contributed by atoms with van der Waals surface area (Å²) < 4.78 is 3.55. The predicted molar refractivity (Wildman–Crippen MR) is 133 cm³/mol. The quantitative estimate of drug-likeness (QED) is 0.206. The van der Waals surface area contributed by atoms with E-state index in [1.807, 2.05) is 38.1 Å². The van der Waals surface area contributed by atoms with Gasteiger partial charge in [0.2, 0.25) is 0 Å². The van der Waals surface area contributed by atoms with Crippen molar-refractivity contribution in [2.75, 3.05) is 0 Å². The molecule has 10 nitrogen and oxygen atoms in total. The van der Waals surface area contributed by atoms with E-state index in [-0.39, 0.29) is 21.1 Å². The molecule has 6 heterocycles. The summed E-state index contributed by atoms with van der Waals surface area (Å²) >= 11 is 0. The maximum atomic E-state index is 5.00. The minimum atomic E-state index is -2.28. The molecule has 0 aromatic carbocycles. The zero-order valence-electron chi connectivity index (χ0n) is 19.9. The van der Waals surface area contributed by atoms with Crippen LogP contribution in [-0.2, 0) is 21.1 Å². The molecule has 0 radical (unpaired) electrons. The van der Waals surface area contributed by atoms with Crippen LogP contribution < -0.4 is 10.6 Å². The van der Waals surface area contributed by atoms with Gasteiger partial charge in [0.1, 0.15) is 12.7 Å². The first-order valence-corrected chi connectivity index (χ1v) is 14.0. The summed E-state index contributed by atoms with van der Waals surface area (Å²) in [6.45, 7) is 8.27. The van der Waals surface area contributed by atoms with Crippen LogP contribution in [0, 0.1) is 26.5 Å². The monoisotopic (exact) mass is 671 g/mol. The second-order valence-corrected chi connectivity index (χ2v) is 13.0. The Morgan fingerprint density at radius 2 is 1.11 bits per heavy atom. The summed E-state index contributed by atoms with van der Waals surface area (Å²) in [5, 5.41) is 1.97. The molecule has 0 saturated heterocycles. The van der Waals surface area contributed by atoms with Gasteiger partial charge in [-0.1, -0.05) is 37.4 Å². The number of rotatable bonds is 4. The molecular formula is C24H20N10PtSi. The van der Waals surface area contributed by atoms with Crippen LogP contribution in [0.3, 0.4) is 0 Å². The molecule has 0 fully saturated rings. The second kappa shape index (κ2) is 9.07. The van der Waals surface area contributed by atoms with E-state index in [9.17, 15) is 0 Å². The molecule has 0 atom stereocenters. The average Bonchev–Trinajstić information content (AvgIpc) is 3.51. The van der Waals surface area contributed by atoms with E-state index in [2.05, 4.69) is 67.8 Å². The molecule has 0 spiro atoms. The summed E-state index contributed by atoms with van der Waals surface area (Å²) in [4.78, 5) is 36.0. The first-order valence-electron chi connectivity index (χ1n) is 11.0. The fourth-order valence-electron chi connectivity index (χ4n) is 4.03. The van der Waals surface area contributed by atoms with Gasteiger partial charge in [0.25, 0.3) is 0 Å². The molecule has 180 valence electrons. The van der Waals surface area contributed by atoms with Gasteiger partial charge in [-0.05, 0) is 26.0 Å². The number of pyridine rings is 2. The third kappa shape index (κ3) is 3.84. The zero-order valence-corrected chi connectivity index (χ0v) is 23.2. The fourth-order valence-corrected chi connectivity index (χ4v) is 6.11. The Labute approximate surface area is 222 Å². The van der Waals surface area contributed by atoms with Crippen LogP contribution in [0.5, 0.6) is 0 Å². The Bertz CT molecular complexity index is 1600. The number of aromatic nitrogens is 10. The van der Waals surface area contributed by atoms with E-state index in [1.165, 1.54) is 12.7 Å². The summed E-state index contributed by atoms with van der Waals surface area (Å²) in [5.74, 6) is 1.42. The van der Waals surface area contributed by atoms with Crippen molar-refractivity contribution in [1.29, 1.82) is 0 Å². The van der Waals surface area contributed by atoms with Gasteiger partial charge in [-0.25, -0.2) is 0 Å². The Balaban J connectivity index is 0.00000267. The molecule has 6 rings (SSSR count). The first kappa shape index (κ1) is 24.0. The van der Waals surface area contributed by atoms with E-state index in [0.717, 1.165) is 22.0 Å². The van der Waals surface area contributed by atoms with Crippen LogP contribution in [0.25, 0.3) is 34.0 Å². The molecule has 6 aromatic rings. The molecule has 0 N–H and O–H groups in total. The molecule has 6 aromatic heterocycles. The SMILES string of the molecule is Cc1ncnc2c1n[c-]n2-c1cccc([Si](C)(C)c2cccc(-n3[c-]nc4c(C)ncnc43)n2)n1.[Pt+2]. The van der Waals surface area contributed by atoms with Crippen LogP contribution in [-0.4, -0.2) is 57.1 Å². The van der Waals surface area contributed by atoms with Crippen LogP contribution in [0.4, 0.5) is 0 Å². The van der Waals surface area contributed by atoms with Gasteiger partial charge in [-0.15, -0.1) is 0 Å². The van der Waals surface area contributed by atoms with E-state index in [4.69, 9.17) is 9.97 Å². The van der Waals surface area contributed by atoms with E-state index < -0.39 is 8.07 Å². The molecule has 0 amide bonds. The minimum absolute atomic E-state index is 0. The average molecular weight is 672 g/mol. The predicted octanol–water partition coefficient (Wildman–Crippen LogP) is 1.77. The van der Waals surface area contributed by atoms with Crippen molar-refractivity contribution in [1.82, 2.24) is 49.0 Å². The Kier molecular flexibility index (Phi) is 6.05. The molecule has 36 heavy (non-hydrogen) atoms. The molecule has 0 aliphatic heterocycles. The van der Waals surface area contributed by atoms with Crippen molar-refractivity contribution in [2.45, 2.75) is 26.9 Å². The van der Waals surface area contributed by atoms with E-state index in [0.29, 0.717) is 34.0 Å². The molecular weight excluding hydrogens is 651 g/mol. The van der Waals surface area contributed by atoms with Crippen LogP contribution in [0.15, 0.2) is 49.1 Å². The third-order valence-electron chi connectivity index (χ3n) is 6.13. The minimum Gasteiger partial charge on any atom is -0.396 e. The number of fused-ring (bicyclic) bond motifs is 2. The zero-order chi connectivity index (χ0) is 24.2. The summed E-state index contributed by atoms with van der Waals surface area (Å²) in [7, 11) is -2.28. The standard InChI is InChI=1S/C24H20N10Si.Pt/c1-15-21-23(27-11-25-15)33(13-29-21)17-7-5-9-19(31-17)35(3,4)20-10-6-8-18(32-20)34-14-30-22-16(2)26-12-28-24(22)34;/h5-12H,1-4H3;/q-2;+2. The van der Waals surface area contributed by atoms with E-state index >= 15 is 0 Å². The molecule has 0 bridgehead atoms. The van der Waals surface area contributed by atoms with Crippen LogP contribution >= 0.6 is 0 Å². The number of aryl methyl sites for hydroxylation is 2. The summed E-state index contributed by atoms with van der Waals surface area (Å²) in [5.41, 5.74) is 4.41. The van der Waals surface area contributed by atoms with Crippen molar-refractivity contribution >= 4 is 41.0 Å². The van der Waals surface area contributed by atoms with Gasteiger partial charge in [0.05, 0.1) is 11.6 Å². The Hall–Kier alpha value is -3.69. The number of hydrogen-bond acceptors (Lipinski definition) is 8. The van der Waals surface area contributed by atoms with Gasteiger partial charge in [-0.3, -0.25) is 29.9 Å². The van der Waals surface area contributed by atoms with Gasteiger partial charge in [0.15, 0.2) is 8.07 Å². The molecule has 12 heteroatoms. The normalized spacial score (nSPS) is 11.7. The van der Waals surface area contributed by atoms with Crippen LogP contribution in [0.2, 0.25) is 13.1 Å². The van der Waals surface area contributed by atoms with Crippen molar-refractivity contribution < 1.29 is 21.1 Å². The molecule has 0 aliphatic rings. The smallest absolute Gasteiger partial charge is 0.396 e. The Morgan fingerprint density at radius 3 is 1.56 bits per heavy atom. The molecule has 0 unspecified atom stereocenters. The first-order chi connectivity index (χ1) is 16.9. The van der Waals surface area contributed by atoms with E-state index in [1.54, 1.807) is 9.13 Å². The Morgan fingerprint density at radius 1 is 0.667 bits per heavy atom. The topological polar surface area (TPSA) is 113 Å². The fraction of sp³-hybridized carbons (Fsp3) is 0.167. The van der Waals surface area contributed by atoms with Gasteiger partial charge in [-0.2, -0.15) is 0 Å². The van der Waals surface area contributed by atoms with Gasteiger partial charge < -0.3 is 19.1 Å². The number of hydrogen-bond donors (Lipinski definition) is 0. The van der Waals surface area contributed by atoms with Gasteiger partial charge in [0, 0.05) is 57.0 Å². The third-order valence-corrected chi connectivity index (χ3v) is 9.25. The maximum Gasteiger partial charge on any atom is 2.00 e. The maximum absolute atomic E-state index is 5.00. The van der Waals surface area contributed by atoms with Crippen molar-refractivity contribution in [3.63, 3.8) is 0 Å². The largest absolute Gasteiger partial charge is 2.00 e. The number of imidazole rings is 2. The van der Waals surface area contributed by atoms with Gasteiger partial charge >= 0.3 is 21.1 Å². The van der Waals surface area contributed by atoms with Crippen LogP contribution in [0.1, 0.15) is 11.4 Å². The van der Waals surface area contributed by atoms with Crippen molar-refractivity contribution in [3.05, 3.63) is 73.1 Å². The summed E-state index contributed by atoms with van der Waals surface area (Å²) in [6, 6.07) is 12.0. The molecule has 0 aliphatic carbocycles. The summed E-state index contributed by atoms with van der Waals surface area (Å²) in [6.07, 6.45) is 9.09.